The molecule has 0 unspecified atom stereocenters. The van der Waals surface area contributed by atoms with Crippen LogP contribution in [0.5, 0.6) is 0 Å². The lowest BCUT2D eigenvalue weighted by Gasteiger charge is -2.36. The molecule has 0 heterocycles. The van der Waals surface area contributed by atoms with Crippen LogP contribution in [-0.4, -0.2) is 29.8 Å². The van der Waals surface area contributed by atoms with E-state index in [1.807, 2.05) is 0 Å². The molecule has 1 aliphatic rings. The number of urea groups is 1. The van der Waals surface area contributed by atoms with Crippen LogP contribution in [0.3, 0.4) is 0 Å². The molecule has 0 atom stereocenters. The number of hydrogen-bond acceptors (Lipinski definition) is 2. The molecule has 1 fully saturated rings. The van der Waals surface area contributed by atoms with E-state index in [4.69, 9.17) is 0 Å². The van der Waals surface area contributed by atoms with Crippen LogP contribution in [0.2, 0.25) is 0 Å². The van der Waals surface area contributed by atoms with Gasteiger partial charge in [-0.1, -0.05) is 12.1 Å². The summed E-state index contributed by atoms with van der Waals surface area (Å²) in [5.74, 6) is 0. The fraction of sp³-hybridized carbons (Fsp3) is 0.533. The molecule has 0 aliphatic heterocycles. The molecule has 4 nitrogen and oxygen atoms in total. The number of nitrogens with one attached hydrogen (secondary N) is 2. The van der Waals surface area contributed by atoms with Crippen molar-refractivity contribution in [3.63, 3.8) is 0 Å². The molecular formula is C15H19F3N2O2. The lowest BCUT2D eigenvalue weighted by atomic mass is 9.80. The van der Waals surface area contributed by atoms with E-state index in [0.29, 0.717) is 31.4 Å². The Bertz CT molecular complexity index is 511. The summed E-state index contributed by atoms with van der Waals surface area (Å²) >= 11 is 0. The Balaban J connectivity index is 1.68. The van der Waals surface area contributed by atoms with E-state index in [1.165, 1.54) is 12.1 Å². The molecule has 1 saturated carbocycles. The van der Waals surface area contributed by atoms with Gasteiger partial charge >= 0.3 is 12.2 Å². The number of halogens is 3. The van der Waals surface area contributed by atoms with Crippen LogP contribution < -0.4 is 10.6 Å². The fourth-order valence-electron chi connectivity index (χ4n) is 2.25. The van der Waals surface area contributed by atoms with Crippen molar-refractivity contribution in [3.8, 4) is 0 Å². The van der Waals surface area contributed by atoms with Crippen molar-refractivity contribution in [1.82, 2.24) is 10.6 Å². The van der Waals surface area contributed by atoms with Crippen molar-refractivity contribution in [1.29, 1.82) is 0 Å². The first-order valence-electron chi connectivity index (χ1n) is 7.19. The third-order valence-corrected chi connectivity index (χ3v) is 3.84. The summed E-state index contributed by atoms with van der Waals surface area (Å²) in [5.41, 5.74) is -0.744. The Morgan fingerprint density at radius 2 is 1.82 bits per heavy atom. The standard InChI is InChI=1S/C15H19F3N2O2/c16-15(17,18)12-4-2-11(3-5-12)6-9-19-13(21)20-10-14(22)7-1-8-14/h2-5,22H,1,6-10H2,(H2,19,20,21). The van der Waals surface area contributed by atoms with Gasteiger partial charge < -0.3 is 15.7 Å². The van der Waals surface area contributed by atoms with Gasteiger partial charge in [-0.25, -0.2) is 4.79 Å². The van der Waals surface area contributed by atoms with Crippen LogP contribution in [0.1, 0.15) is 30.4 Å². The number of carbonyl (C=O) groups excluding carboxylic acids is 1. The Hall–Kier alpha value is -1.76. The summed E-state index contributed by atoms with van der Waals surface area (Å²) < 4.78 is 37.2. The van der Waals surface area contributed by atoms with E-state index in [0.717, 1.165) is 18.6 Å². The second-order valence-electron chi connectivity index (χ2n) is 5.63. The lowest BCUT2D eigenvalue weighted by molar-refractivity contribution is -0.137. The molecule has 122 valence electrons. The fourth-order valence-corrected chi connectivity index (χ4v) is 2.25. The minimum Gasteiger partial charge on any atom is -0.388 e. The zero-order valence-electron chi connectivity index (χ0n) is 12.0. The SMILES string of the molecule is O=C(NCCc1ccc(C(F)(F)F)cc1)NCC1(O)CCC1. The van der Waals surface area contributed by atoms with Gasteiger partial charge in [-0.05, 0) is 43.4 Å². The highest BCUT2D eigenvalue weighted by Crippen LogP contribution is 2.30. The maximum atomic E-state index is 12.4. The Kier molecular flexibility index (Phi) is 4.95. The Morgan fingerprint density at radius 1 is 1.18 bits per heavy atom. The maximum absolute atomic E-state index is 12.4. The van der Waals surface area contributed by atoms with Crippen molar-refractivity contribution in [2.45, 2.75) is 37.5 Å². The van der Waals surface area contributed by atoms with Gasteiger partial charge in [0.25, 0.3) is 0 Å². The molecule has 1 aliphatic carbocycles. The molecule has 22 heavy (non-hydrogen) atoms. The predicted molar refractivity (Wildman–Crippen MR) is 75.4 cm³/mol. The van der Waals surface area contributed by atoms with E-state index in [1.54, 1.807) is 0 Å². The van der Waals surface area contributed by atoms with Gasteiger partial charge in [0.2, 0.25) is 0 Å². The molecule has 0 saturated heterocycles. The topological polar surface area (TPSA) is 61.4 Å². The largest absolute Gasteiger partial charge is 0.416 e. The van der Waals surface area contributed by atoms with Gasteiger partial charge in [-0.15, -0.1) is 0 Å². The van der Waals surface area contributed by atoms with Crippen molar-refractivity contribution < 1.29 is 23.1 Å². The van der Waals surface area contributed by atoms with Crippen molar-refractivity contribution in [2.24, 2.45) is 0 Å². The van der Waals surface area contributed by atoms with Crippen LogP contribution in [0.4, 0.5) is 18.0 Å². The molecule has 7 heteroatoms. The average Bonchev–Trinajstić information content (AvgIpc) is 2.43. The van der Waals surface area contributed by atoms with Gasteiger partial charge in [-0.2, -0.15) is 13.2 Å². The van der Waals surface area contributed by atoms with Crippen LogP contribution in [-0.2, 0) is 12.6 Å². The summed E-state index contributed by atoms with van der Waals surface area (Å²) in [6, 6.07) is 4.48. The van der Waals surface area contributed by atoms with E-state index in [2.05, 4.69) is 10.6 Å². The van der Waals surface area contributed by atoms with Gasteiger partial charge in [-0.3, -0.25) is 0 Å². The number of benzene rings is 1. The molecule has 0 aromatic heterocycles. The summed E-state index contributed by atoms with van der Waals surface area (Å²) in [4.78, 5) is 11.5. The third kappa shape index (κ3) is 4.62. The summed E-state index contributed by atoms with van der Waals surface area (Å²) in [7, 11) is 0. The Labute approximate surface area is 126 Å². The number of carbonyl (C=O) groups is 1. The zero-order valence-corrected chi connectivity index (χ0v) is 12.0. The predicted octanol–water partition coefficient (Wildman–Crippen LogP) is 2.46. The van der Waals surface area contributed by atoms with Crippen molar-refractivity contribution >= 4 is 6.03 Å². The molecule has 1 aromatic carbocycles. The number of amides is 2. The first-order chi connectivity index (χ1) is 10.3. The monoisotopic (exact) mass is 316 g/mol. The summed E-state index contributed by atoms with van der Waals surface area (Å²) in [6.07, 6.45) is -1.54. The summed E-state index contributed by atoms with van der Waals surface area (Å²) in [5, 5.41) is 15.0. The zero-order chi connectivity index (χ0) is 16.2. The normalized spacial score (nSPS) is 16.7. The number of rotatable bonds is 5. The first kappa shape index (κ1) is 16.6. The maximum Gasteiger partial charge on any atom is 0.416 e. The molecule has 2 amide bonds. The van der Waals surface area contributed by atoms with Crippen LogP contribution in [0.15, 0.2) is 24.3 Å². The second kappa shape index (κ2) is 6.56. The van der Waals surface area contributed by atoms with Gasteiger partial charge in [0.15, 0.2) is 0 Å². The molecule has 3 N–H and O–H groups in total. The van der Waals surface area contributed by atoms with Gasteiger partial charge in [0.1, 0.15) is 0 Å². The molecule has 2 rings (SSSR count). The van der Waals surface area contributed by atoms with E-state index in [-0.39, 0.29) is 12.6 Å². The number of aliphatic hydroxyl groups is 1. The van der Waals surface area contributed by atoms with Gasteiger partial charge in [0, 0.05) is 13.1 Å². The minimum absolute atomic E-state index is 0.221. The highest BCUT2D eigenvalue weighted by molar-refractivity contribution is 5.73. The van der Waals surface area contributed by atoms with Crippen LogP contribution in [0.25, 0.3) is 0 Å². The highest BCUT2D eigenvalue weighted by Gasteiger charge is 2.34. The average molecular weight is 316 g/mol. The number of hydrogen-bond donors (Lipinski definition) is 3. The smallest absolute Gasteiger partial charge is 0.388 e. The molecule has 0 bridgehead atoms. The highest BCUT2D eigenvalue weighted by atomic mass is 19.4. The van der Waals surface area contributed by atoms with E-state index < -0.39 is 17.3 Å². The van der Waals surface area contributed by atoms with Crippen LogP contribution in [0, 0.1) is 0 Å². The lowest BCUT2D eigenvalue weighted by Crippen LogP contribution is -2.50. The minimum atomic E-state index is -4.33. The molecule has 0 spiro atoms. The molecule has 0 radical (unpaired) electrons. The number of alkyl halides is 3. The van der Waals surface area contributed by atoms with Crippen molar-refractivity contribution in [2.75, 3.05) is 13.1 Å². The quantitative estimate of drug-likeness (QED) is 0.781. The molecule has 1 aromatic rings. The van der Waals surface area contributed by atoms with Crippen LogP contribution >= 0.6 is 0 Å². The van der Waals surface area contributed by atoms with E-state index in [9.17, 15) is 23.1 Å². The van der Waals surface area contributed by atoms with Gasteiger partial charge in [0.05, 0.1) is 11.2 Å². The Morgan fingerprint density at radius 3 is 2.32 bits per heavy atom. The summed E-state index contributed by atoms with van der Waals surface area (Å²) in [6.45, 7) is 0.536. The first-order valence-corrected chi connectivity index (χ1v) is 7.19. The molecular weight excluding hydrogens is 297 g/mol. The van der Waals surface area contributed by atoms with Crippen molar-refractivity contribution in [3.05, 3.63) is 35.4 Å². The third-order valence-electron chi connectivity index (χ3n) is 3.84. The van der Waals surface area contributed by atoms with E-state index >= 15 is 0 Å². The second-order valence-corrected chi connectivity index (χ2v) is 5.63.